The van der Waals surface area contributed by atoms with Crippen LogP contribution in [-0.4, -0.2) is 50.9 Å². The lowest BCUT2D eigenvalue weighted by Crippen LogP contribution is -2.40. The number of rotatable bonds is 7. The molecule has 0 aliphatic carbocycles. The lowest BCUT2D eigenvalue weighted by Gasteiger charge is -2.26. The number of amides is 1. The second-order valence-corrected chi connectivity index (χ2v) is 10.1. The van der Waals surface area contributed by atoms with Crippen LogP contribution in [0.1, 0.15) is 21.3 Å². The number of benzene rings is 2. The molecule has 3 aromatic rings. The Bertz CT molecular complexity index is 1210. The number of carbonyl (C=O) groups is 2. The molecule has 1 fully saturated rings. The van der Waals surface area contributed by atoms with Gasteiger partial charge in [-0.2, -0.15) is 4.31 Å². The predicted octanol–water partition coefficient (Wildman–Crippen LogP) is 3.31. The predicted molar refractivity (Wildman–Crippen MR) is 124 cm³/mol. The van der Waals surface area contributed by atoms with E-state index < -0.39 is 28.0 Å². The zero-order valence-corrected chi connectivity index (χ0v) is 19.2. The van der Waals surface area contributed by atoms with Gasteiger partial charge in [-0.1, -0.05) is 42.5 Å². The number of hydrogen-bond donors (Lipinski definition) is 1. The Morgan fingerprint density at radius 2 is 1.76 bits per heavy atom. The zero-order valence-electron chi connectivity index (χ0n) is 17.5. The molecule has 33 heavy (non-hydrogen) atoms. The summed E-state index contributed by atoms with van der Waals surface area (Å²) in [5, 5.41) is 4.43. The minimum Gasteiger partial charge on any atom is -0.443 e. The topological polar surface area (TPSA) is 102 Å². The van der Waals surface area contributed by atoms with E-state index >= 15 is 0 Å². The van der Waals surface area contributed by atoms with E-state index in [1.54, 1.807) is 60.0 Å². The fourth-order valence-electron chi connectivity index (χ4n) is 3.34. The van der Waals surface area contributed by atoms with Crippen LogP contribution in [0.2, 0.25) is 0 Å². The van der Waals surface area contributed by atoms with Gasteiger partial charge >= 0.3 is 5.97 Å². The maximum Gasteiger partial charge on any atom is 0.349 e. The minimum atomic E-state index is -3.72. The molecular weight excluding hydrogens is 464 g/mol. The lowest BCUT2D eigenvalue weighted by atomic mass is 10.1. The van der Waals surface area contributed by atoms with Crippen molar-refractivity contribution < 1.29 is 27.5 Å². The smallest absolute Gasteiger partial charge is 0.349 e. The number of anilines is 1. The fraction of sp³-hybridized carbons (Fsp3) is 0.217. The number of nitrogens with one attached hydrogen (secondary N) is 1. The van der Waals surface area contributed by atoms with Gasteiger partial charge in [0.1, 0.15) is 4.88 Å². The molecule has 2 heterocycles. The van der Waals surface area contributed by atoms with Crippen LogP contribution in [0.15, 0.2) is 77.0 Å². The van der Waals surface area contributed by atoms with E-state index in [0.29, 0.717) is 23.7 Å². The molecule has 1 aliphatic heterocycles. The van der Waals surface area contributed by atoms with E-state index in [9.17, 15) is 18.0 Å². The summed E-state index contributed by atoms with van der Waals surface area (Å²) in [5.74, 6) is -1.20. The number of carbonyl (C=O) groups excluding carboxylic acids is 2. The highest BCUT2D eigenvalue weighted by atomic mass is 32.2. The van der Waals surface area contributed by atoms with Gasteiger partial charge in [0.25, 0.3) is 5.91 Å². The van der Waals surface area contributed by atoms with E-state index in [-0.39, 0.29) is 23.7 Å². The van der Waals surface area contributed by atoms with E-state index in [0.717, 1.165) is 0 Å². The van der Waals surface area contributed by atoms with Gasteiger partial charge < -0.3 is 14.8 Å². The number of esters is 1. The first kappa shape index (κ1) is 23.1. The van der Waals surface area contributed by atoms with Gasteiger partial charge in [-0.05, 0) is 29.6 Å². The van der Waals surface area contributed by atoms with Crippen molar-refractivity contribution in [2.75, 3.05) is 31.6 Å². The summed E-state index contributed by atoms with van der Waals surface area (Å²) < 4.78 is 38.0. The lowest BCUT2D eigenvalue weighted by molar-refractivity contribution is -0.125. The third-order valence-electron chi connectivity index (χ3n) is 5.00. The quantitative estimate of drug-likeness (QED) is 0.514. The van der Waals surface area contributed by atoms with Crippen molar-refractivity contribution in [3.8, 4) is 0 Å². The Morgan fingerprint density at radius 1 is 1.00 bits per heavy atom. The Hall–Kier alpha value is -3.05. The highest BCUT2D eigenvalue weighted by Crippen LogP contribution is 2.25. The van der Waals surface area contributed by atoms with E-state index in [1.807, 2.05) is 0 Å². The largest absolute Gasteiger partial charge is 0.443 e. The molecule has 1 atom stereocenters. The second-order valence-electron chi connectivity index (χ2n) is 7.21. The third-order valence-corrected chi connectivity index (χ3v) is 7.74. The molecule has 0 saturated carbocycles. The molecule has 1 aromatic heterocycles. The number of ether oxygens (including phenoxy) is 2. The molecule has 1 N–H and O–H groups in total. The van der Waals surface area contributed by atoms with Crippen molar-refractivity contribution in [3.63, 3.8) is 0 Å². The third kappa shape index (κ3) is 5.48. The molecule has 0 bridgehead atoms. The Balaban J connectivity index is 1.55. The van der Waals surface area contributed by atoms with Crippen molar-refractivity contribution in [2.24, 2.45) is 0 Å². The van der Waals surface area contributed by atoms with Gasteiger partial charge in [0.2, 0.25) is 16.1 Å². The number of morpholine rings is 1. The van der Waals surface area contributed by atoms with E-state index in [1.165, 1.54) is 27.8 Å². The monoisotopic (exact) mass is 486 g/mol. The molecule has 1 unspecified atom stereocenters. The Labute approximate surface area is 195 Å². The number of sulfonamides is 1. The van der Waals surface area contributed by atoms with Crippen molar-refractivity contribution in [2.45, 2.75) is 11.0 Å². The molecule has 8 nitrogen and oxygen atoms in total. The van der Waals surface area contributed by atoms with Gasteiger partial charge in [-0.3, -0.25) is 4.79 Å². The highest BCUT2D eigenvalue weighted by molar-refractivity contribution is 7.89. The molecule has 4 rings (SSSR count). The summed E-state index contributed by atoms with van der Waals surface area (Å²) in [6.07, 6.45) is -1.21. The van der Waals surface area contributed by atoms with Gasteiger partial charge in [-0.25, -0.2) is 13.2 Å². The first-order valence-electron chi connectivity index (χ1n) is 10.2. The summed E-state index contributed by atoms with van der Waals surface area (Å²) in [5.41, 5.74) is 0.777. The number of nitrogens with zero attached hydrogens (tertiary/aromatic N) is 1. The van der Waals surface area contributed by atoms with Crippen molar-refractivity contribution >= 4 is 38.9 Å². The average molecular weight is 487 g/mol. The van der Waals surface area contributed by atoms with Crippen LogP contribution in [0.25, 0.3) is 0 Å². The van der Waals surface area contributed by atoms with E-state index in [4.69, 9.17) is 9.47 Å². The maximum atomic E-state index is 13.1. The minimum absolute atomic E-state index is 0.0639. The molecule has 1 saturated heterocycles. The van der Waals surface area contributed by atoms with E-state index in [2.05, 4.69) is 5.32 Å². The van der Waals surface area contributed by atoms with Crippen LogP contribution in [0.4, 0.5) is 5.69 Å². The van der Waals surface area contributed by atoms with Gasteiger partial charge in [0.15, 0.2) is 0 Å². The fourth-order valence-corrected chi connectivity index (χ4v) is 5.40. The molecule has 1 amide bonds. The van der Waals surface area contributed by atoms with Crippen LogP contribution in [0.5, 0.6) is 0 Å². The average Bonchev–Trinajstić information content (AvgIpc) is 3.39. The Morgan fingerprint density at radius 3 is 2.45 bits per heavy atom. The van der Waals surface area contributed by atoms with Crippen LogP contribution in [0.3, 0.4) is 0 Å². The first-order chi connectivity index (χ1) is 15.9. The maximum absolute atomic E-state index is 13.1. The van der Waals surface area contributed by atoms with Crippen molar-refractivity contribution in [3.05, 3.63) is 82.6 Å². The van der Waals surface area contributed by atoms with Crippen molar-refractivity contribution in [1.82, 2.24) is 4.31 Å². The summed E-state index contributed by atoms with van der Waals surface area (Å²) >= 11 is 1.22. The zero-order chi connectivity index (χ0) is 23.3. The van der Waals surface area contributed by atoms with Crippen molar-refractivity contribution in [1.29, 1.82) is 0 Å². The molecule has 0 spiro atoms. The standard InChI is InChI=1S/C23H22N2O6S2/c26-22(21(17-6-2-1-3-7-17)31-23(27)20-10-5-15-32-20)24-18-8-4-9-19(16-18)33(28,29)25-11-13-30-14-12-25/h1-10,15-16,21H,11-14H2,(H,24,26). The molecule has 172 valence electrons. The normalized spacial score (nSPS) is 15.5. The highest BCUT2D eigenvalue weighted by Gasteiger charge is 2.28. The number of hydrogen-bond acceptors (Lipinski definition) is 7. The van der Waals surface area contributed by atoms with Gasteiger partial charge in [-0.15, -0.1) is 11.3 Å². The second kappa shape index (κ2) is 10.3. The molecule has 10 heteroatoms. The van der Waals surface area contributed by atoms with Crippen LogP contribution in [0, 0.1) is 0 Å². The van der Waals surface area contributed by atoms with Crippen LogP contribution in [-0.2, 0) is 24.3 Å². The van der Waals surface area contributed by atoms with Gasteiger partial charge in [0, 0.05) is 24.3 Å². The molecule has 0 radical (unpaired) electrons. The molecule has 2 aromatic carbocycles. The first-order valence-corrected chi connectivity index (χ1v) is 12.6. The van der Waals surface area contributed by atoms with Crippen LogP contribution < -0.4 is 5.32 Å². The summed E-state index contributed by atoms with van der Waals surface area (Å²) in [6, 6.07) is 18.0. The Kier molecular flexibility index (Phi) is 7.19. The molecular formula is C23H22N2O6S2. The summed E-state index contributed by atoms with van der Waals surface area (Å²) in [6.45, 7) is 1.22. The molecule has 1 aliphatic rings. The SMILES string of the molecule is O=C(OC(C(=O)Nc1cccc(S(=O)(=O)N2CCOCC2)c1)c1ccccc1)c1cccs1. The van der Waals surface area contributed by atoms with Gasteiger partial charge in [0.05, 0.1) is 18.1 Å². The summed E-state index contributed by atoms with van der Waals surface area (Å²) in [4.78, 5) is 26.1. The number of thiophene rings is 1. The van der Waals surface area contributed by atoms with Crippen LogP contribution >= 0.6 is 11.3 Å². The summed E-state index contributed by atoms with van der Waals surface area (Å²) in [7, 11) is -3.72.